The number of carbonyl (C=O) groups is 1. The molecule has 0 radical (unpaired) electrons. The molecule has 1 amide bonds. The monoisotopic (exact) mass is 291 g/mol. The van der Waals surface area contributed by atoms with Gasteiger partial charge in [-0.15, -0.1) is 0 Å². The lowest BCUT2D eigenvalue weighted by molar-refractivity contribution is -0.140. The van der Waals surface area contributed by atoms with Crippen molar-refractivity contribution in [3.63, 3.8) is 0 Å². The minimum Gasteiger partial charge on any atom is -0.352 e. The van der Waals surface area contributed by atoms with Crippen molar-refractivity contribution < 1.29 is 22.4 Å². The lowest BCUT2D eigenvalue weighted by Crippen LogP contribution is -2.26. The summed E-state index contributed by atoms with van der Waals surface area (Å²) in [6.07, 6.45) is -1.10. The lowest BCUT2D eigenvalue weighted by atomic mass is 10.1. The van der Waals surface area contributed by atoms with Crippen molar-refractivity contribution in [1.29, 1.82) is 0 Å². The first kappa shape index (κ1) is 16.5. The normalized spacial score (nSPS) is 11.4. The highest BCUT2D eigenvalue weighted by Gasteiger charge is 2.35. The molecule has 1 aromatic rings. The maximum atomic E-state index is 13.7. The van der Waals surface area contributed by atoms with E-state index in [1.165, 1.54) is 0 Å². The number of rotatable bonds is 6. The summed E-state index contributed by atoms with van der Waals surface area (Å²) in [4.78, 5) is 11.7. The van der Waals surface area contributed by atoms with E-state index < -0.39 is 29.0 Å². The van der Waals surface area contributed by atoms with Gasteiger partial charge in [0.1, 0.15) is 5.82 Å². The Bertz CT molecular complexity index is 457. The fourth-order valence-electron chi connectivity index (χ4n) is 1.78. The van der Waals surface area contributed by atoms with E-state index in [0.29, 0.717) is 12.6 Å². The predicted molar refractivity (Wildman–Crippen MR) is 67.9 cm³/mol. The van der Waals surface area contributed by atoms with E-state index in [2.05, 4.69) is 5.32 Å². The Kier molecular flexibility index (Phi) is 5.98. The molecule has 0 spiro atoms. The van der Waals surface area contributed by atoms with Gasteiger partial charge in [-0.25, -0.2) is 4.39 Å². The van der Waals surface area contributed by atoms with Gasteiger partial charge in [0, 0.05) is 6.54 Å². The van der Waals surface area contributed by atoms with Gasteiger partial charge in [0.25, 0.3) is 5.91 Å². The number of halogens is 4. The van der Waals surface area contributed by atoms with Crippen LogP contribution < -0.4 is 5.32 Å². The van der Waals surface area contributed by atoms with Crippen LogP contribution in [0.1, 0.15) is 48.5 Å². The quantitative estimate of drug-likeness (QED) is 0.619. The predicted octanol–water partition coefficient (Wildman–Crippen LogP) is 4.15. The number of hydrogen-bond acceptors (Lipinski definition) is 1. The largest absolute Gasteiger partial charge is 0.419 e. The first-order valence-electron chi connectivity index (χ1n) is 6.51. The molecule has 0 bridgehead atoms. The van der Waals surface area contributed by atoms with Crippen LogP contribution >= 0.6 is 0 Å². The van der Waals surface area contributed by atoms with Crippen molar-refractivity contribution in [3.8, 4) is 0 Å². The molecule has 0 unspecified atom stereocenters. The van der Waals surface area contributed by atoms with Crippen LogP contribution in [-0.4, -0.2) is 12.5 Å². The highest BCUT2D eigenvalue weighted by atomic mass is 19.4. The topological polar surface area (TPSA) is 29.1 Å². The molecule has 1 N–H and O–H groups in total. The van der Waals surface area contributed by atoms with Crippen LogP contribution in [0.5, 0.6) is 0 Å². The maximum absolute atomic E-state index is 13.7. The first-order valence-corrected chi connectivity index (χ1v) is 6.51. The Balaban J connectivity index is 2.69. The Morgan fingerprint density at radius 2 is 1.90 bits per heavy atom. The second kappa shape index (κ2) is 7.26. The molecule has 0 aliphatic heterocycles. The summed E-state index contributed by atoms with van der Waals surface area (Å²) in [6.45, 7) is 2.37. The molecule has 20 heavy (non-hydrogen) atoms. The molecule has 0 heterocycles. The Morgan fingerprint density at radius 3 is 2.50 bits per heavy atom. The molecule has 112 valence electrons. The Morgan fingerprint density at radius 1 is 1.20 bits per heavy atom. The fourth-order valence-corrected chi connectivity index (χ4v) is 1.78. The highest BCUT2D eigenvalue weighted by molar-refractivity contribution is 5.94. The summed E-state index contributed by atoms with van der Waals surface area (Å²) in [5, 5.41) is 2.43. The summed E-state index contributed by atoms with van der Waals surface area (Å²) in [7, 11) is 0. The average Bonchev–Trinajstić information content (AvgIpc) is 2.37. The van der Waals surface area contributed by atoms with Crippen LogP contribution in [0.15, 0.2) is 18.2 Å². The van der Waals surface area contributed by atoms with Gasteiger partial charge in [-0.3, -0.25) is 4.79 Å². The smallest absolute Gasteiger partial charge is 0.352 e. The average molecular weight is 291 g/mol. The Labute approximate surface area is 115 Å². The number of benzene rings is 1. The number of amides is 1. The van der Waals surface area contributed by atoms with Gasteiger partial charge in [-0.2, -0.15) is 13.2 Å². The third-order valence-corrected chi connectivity index (χ3v) is 2.86. The molecular formula is C14H17F4NO. The van der Waals surface area contributed by atoms with Crippen LogP contribution in [-0.2, 0) is 6.18 Å². The molecule has 0 aliphatic carbocycles. The standard InChI is InChI=1S/C14H17F4NO/c1-2-3-4-5-9-19-13(20)10-7-6-8-11(12(10)15)14(16,17)18/h6-8H,2-5,9H2,1H3,(H,19,20). The van der Waals surface area contributed by atoms with E-state index >= 15 is 0 Å². The highest BCUT2D eigenvalue weighted by Crippen LogP contribution is 2.32. The summed E-state index contributed by atoms with van der Waals surface area (Å²) in [5.41, 5.74) is -1.99. The molecule has 0 fully saturated rings. The first-order chi connectivity index (χ1) is 9.38. The zero-order valence-corrected chi connectivity index (χ0v) is 11.2. The van der Waals surface area contributed by atoms with Crippen LogP contribution in [0.3, 0.4) is 0 Å². The molecule has 1 rings (SSSR count). The Hall–Kier alpha value is -1.59. The van der Waals surface area contributed by atoms with Crippen molar-refractivity contribution in [3.05, 3.63) is 35.1 Å². The van der Waals surface area contributed by atoms with Crippen molar-refractivity contribution >= 4 is 5.91 Å². The van der Waals surface area contributed by atoms with E-state index in [0.717, 1.165) is 37.8 Å². The van der Waals surface area contributed by atoms with Gasteiger partial charge in [-0.1, -0.05) is 32.3 Å². The molecule has 0 aromatic heterocycles. The zero-order valence-electron chi connectivity index (χ0n) is 11.2. The van der Waals surface area contributed by atoms with Gasteiger partial charge < -0.3 is 5.32 Å². The summed E-state index contributed by atoms with van der Waals surface area (Å²) in [5.74, 6) is -2.34. The van der Waals surface area contributed by atoms with Crippen molar-refractivity contribution in [2.75, 3.05) is 6.54 Å². The van der Waals surface area contributed by atoms with E-state index in [4.69, 9.17) is 0 Å². The van der Waals surface area contributed by atoms with Gasteiger partial charge in [0.15, 0.2) is 0 Å². The number of unbranched alkanes of at least 4 members (excludes halogenated alkanes) is 3. The number of hydrogen-bond donors (Lipinski definition) is 1. The van der Waals surface area contributed by atoms with E-state index in [-0.39, 0.29) is 0 Å². The van der Waals surface area contributed by atoms with Crippen LogP contribution in [0.25, 0.3) is 0 Å². The SMILES string of the molecule is CCCCCCNC(=O)c1cccc(C(F)(F)F)c1F. The maximum Gasteiger partial charge on any atom is 0.419 e. The van der Waals surface area contributed by atoms with Gasteiger partial charge in [0.05, 0.1) is 11.1 Å². The molecule has 2 nitrogen and oxygen atoms in total. The van der Waals surface area contributed by atoms with Crippen molar-refractivity contribution in [1.82, 2.24) is 5.32 Å². The third-order valence-electron chi connectivity index (χ3n) is 2.86. The third kappa shape index (κ3) is 4.51. The second-order valence-corrected chi connectivity index (χ2v) is 4.48. The van der Waals surface area contributed by atoms with Crippen molar-refractivity contribution in [2.45, 2.75) is 38.8 Å². The van der Waals surface area contributed by atoms with Crippen LogP contribution in [0.4, 0.5) is 17.6 Å². The van der Waals surface area contributed by atoms with E-state index in [9.17, 15) is 22.4 Å². The molecule has 0 saturated heterocycles. The number of carbonyl (C=O) groups excluding carboxylic acids is 1. The summed E-state index contributed by atoms with van der Waals surface area (Å²) >= 11 is 0. The van der Waals surface area contributed by atoms with Crippen LogP contribution in [0.2, 0.25) is 0 Å². The molecule has 1 aromatic carbocycles. The van der Waals surface area contributed by atoms with Gasteiger partial charge >= 0.3 is 6.18 Å². The molecule has 0 saturated carbocycles. The molecular weight excluding hydrogens is 274 g/mol. The van der Waals surface area contributed by atoms with E-state index in [1.807, 2.05) is 6.92 Å². The minimum atomic E-state index is -4.80. The number of alkyl halides is 3. The molecule has 0 aliphatic rings. The van der Waals surface area contributed by atoms with E-state index in [1.54, 1.807) is 0 Å². The lowest BCUT2D eigenvalue weighted by Gasteiger charge is -2.11. The number of nitrogens with one attached hydrogen (secondary N) is 1. The van der Waals surface area contributed by atoms with Crippen molar-refractivity contribution in [2.24, 2.45) is 0 Å². The minimum absolute atomic E-state index is 0.328. The zero-order chi connectivity index (χ0) is 15.2. The van der Waals surface area contributed by atoms with Gasteiger partial charge in [0.2, 0.25) is 0 Å². The summed E-state index contributed by atoms with van der Waals surface area (Å²) < 4.78 is 51.2. The molecule has 6 heteroatoms. The van der Waals surface area contributed by atoms with Gasteiger partial charge in [-0.05, 0) is 18.6 Å². The second-order valence-electron chi connectivity index (χ2n) is 4.48. The fraction of sp³-hybridized carbons (Fsp3) is 0.500. The summed E-state index contributed by atoms with van der Waals surface area (Å²) in [6, 6.07) is 2.69. The molecule has 0 atom stereocenters. The van der Waals surface area contributed by atoms with Crippen LogP contribution in [0, 0.1) is 5.82 Å².